The van der Waals surface area contributed by atoms with E-state index in [1.54, 1.807) is 11.3 Å². The lowest BCUT2D eigenvalue weighted by Crippen LogP contribution is -2.13. The van der Waals surface area contributed by atoms with Gasteiger partial charge in [-0.2, -0.15) is 0 Å². The number of aromatic nitrogens is 1. The number of rotatable bonds is 7. The van der Waals surface area contributed by atoms with Crippen LogP contribution in [0.5, 0.6) is 0 Å². The topological polar surface area (TPSA) is 59.1 Å². The summed E-state index contributed by atoms with van der Waals surface area (Å²) in [6.07, 6.45) is 3.92. The van der Waals surface area contributed by atoms with Crippen LogP contribution in [0.4, 0.5) is 0 Å². The lowest BCUT2D eigenvalue weighted by Gasteiger charge is -2.02. The van der Waals surface area contributed by atoms with E-state index in [9.17, 15) is 8.42 Å². The molecule has 1 saturated heterocycles. The molecule has 0 amide bonds. The van der Waals surface area contributed by atoms with Crippen molar-refractivity contribution in [1.82, 2.24) is 10.3 Å². The van der Waals surface area contributed by atoms with E-state index >= 15 is 0 Å². The molecule has 1 aromatic heterocycles. The highest BCUT2D eigenvalue weighted by molar-refractivity contribution is 7.91. The second-order valence-electron chi connectivity index (χ2n) is 5.45. The highest BCUT2D eigenvalue weighted by Gasteiger charge is 2.31. The number of nitrogens with one attached hydrogen (secondary N) is 1. The van der Waals surface area contributed by atoms with Crippen molar-refractivity contribution >= 4 is 21.2 Å². The van der Waals surface area contributed by atoms with Gasteiger partial charge in [-0.1, -0.05) is 20.3 Å². The minimum atomic E-state index is -2.83. The van der Waals surface area contributed by atoms with Gasteiger partial charge in [0.2, 0.25) is 0 Å². The fraction of sp³-hybridized carbons (Fsp3) is 0.786. The van der Waals surface area contributed by atoms with Gasteiger partial charge in [-0.05, 0) is 25.8 Å². The normalized spacial score (nSPS) is 21.4. The minimum Gasteiger partial charge on any atom is -0.312 e. The number of hydrogen-bond donors (Lipinski definition) is 1. The number of aryl methyl sites for hydroxylation is 1. The Bertz CT molecular complexity index is 537. The summed E-state index contributed by atoms with van der Waals surface area (Å²) in [5.41, 5.74) is 1.17. The zero-order valence-corrected chi connectivity index (χ0v) is 13.9. The lowest BCUT2D eigenvalue weighted by molar-refractivity contribution is 0.601. The van der Waals surface area contributed by atoms with Gasteiger partial charge in [0.05, 0.1) is 22.2 Å². The summed E-state index contributed by atoms with van der Waals surface area (Å²) in [5.74, 6) is 0.734. The zero-order chi connectivity index (χ0) is 14.6. The van der Waals surface area contributed by atoms with E-state index in [0.29, 0.717) is 5.75 Å². The van der Waals surface area contributed by atoms with Gasteiger partial charge >= 0.3 is 0 Å². The Kier molecular flexibility index (Phi) is 5.57. The largest absolute Gasteiger partial charge is 0.312 e. The van der Waals surface area contributed by atoms with Crippen LogP contribution in [0, 0.1) is 0 Å². The van der Waals surface area contributed by atoms with E-state index in [1.165, 1.54) is 10.6 Å². The van der Waals surface area contributed by atoms with Crippen LogP contribution in [0.3, 0.4) is 0 Å². The van der Waals surface area contributed by atoms with E-state index in [4.69, 9.17) is 4.98 Å². The molecule has 0 spiro atoms. The second kappa shape index (κ2) is 7.00. The predicted octanol–water partition coefficient (Wildman–Crippen LogP) is 2.50. The number of thiazole rings is 1. The van der Waals surface area contributed by atoms with Gasteiger partial charge in [0.15, 0.2) is 9.84 Å². The lowest BCUT2D eigenvalue weighted by atomic mass is 10.1. The number of sulfone groups is 1. The van der Waals surface area contributed by atoms with Crippen LogP contribution in [0.25, 0.3) is 0 Å². The molecular weight excluding hydrogens is 292 g/mol. The van der Waals surface area contributed by atoms with E-state index in [1.807, 2.05) is 0 Å². The smallest absolute Gasteiger partial charge is 0.151 e. The summed E-state index contributed by atoms with van der Waals surface area (Å²) in [6.45, 7) is 6.18. The molecular formula is C14H24N2O2S2. The molecule has 1 unspecified atom stereocenters. The van der Waals surface area contributed by atoms with E-state index in [-0.39, 0.29) is 11.7 Å². The quantitative estimate of drug-likeness (QED) is 0.785. The molecule has 1 aromatic rings. The van der Waals surface area contributed by atoms with Gasteiger partial charge in [0.25, 0.3) is 0 Å². The molecule has 20 heavy (non-hydrogen) atoms. The third-order valence-electron chi connectivity index (χ3n) is 3.58. The molecule has 1 aliphatic rings. The Labute approximate surface area is 125 Å². The van der Waals surface area contributed by atoms with Crippen molar-refractivity contribution in [1.29, 1.82) is 0 Å². The first kappa shape index (κ1) is 15.9. The number of nitrogens with zero attached hydrogens (tertiary/aromatic N) is 1. The molecule has 2 heterocycles. The molecule has 0 saturated carbocycles. The Morgan fingerprint density at radius 2 is 2.15 bits per heavy atom. The Morgan fingerprint density at radius 3 is 2.75 bits per heavy atom. The maximum atomic E-state index is 11.6. The van der Waals surface area contributed by atoms with Crippen LogP contribution in [-0.2, 0) is 22.8 Å². The maximum Gasteiger partial charge on any atom is 0.151 e. The summed E-state index contributed by atoms with van der Waals surface area (Å²) in [5, 5.41) is 4.45. The average molecular weight is 316 g/mol. The molecule has 0 bridgehead atoms. The molecule has 2 rings (SSSR count). The molecule has 1 atom stereocenters. The standard InChI is InChI=1S/C14H24N2O2S2/c1-3-5-12-13(9-15-7-4-2)19-14(16-12)11-6-8-20(17,18)10-11/h11,15H,3-10H2,1-2H3. The SMILES string of the molecule is CCCNCc1sc(C2CCS(=O)(=O)C2)nc1CCC. The second-order valence-corrected chi connectivity index (χ2v) is 8.79. The average Bonchev–Trinajstić information content (AvgIpc) is 2.94. The van der Waals surface area contributed by atoms with Gasteiger partial charge in [0, 0.05) is 17.3 Å². The van der Waals surface area contributed by atoms with E-state index in [0.717, 1.165) is 43.8 Å². The molecule has 1 aliphatic heterocycles. The van der Waals surface area contributed by atoms with Crippen LogP contribution in [0.15, 0.2) is 0 Å². The number of hydrogen-bond acceptors (Lipinski definition) is 5. The Balaban J connectivity index is 2.12. The van der Waals surface area contributed by atoms with Gasteiger partial charge in [-0.3, -0.25) is 0 Å². The van der Waals surface area contributed by atoms with Crippen molar-refractivity contribution in [3.05, 3.63) is 15.6 Å². The van der Waals surface area contributed by atoms with Crippen molar-refractivity contribution in [2.24, 2.45) is 0 Å². The van der Waals surface area contributed by atoms with Crippen molar-refractivity contribution in [2.75, 3.05) is 18.1 Å². The van der Waals surface area contributed by atoms with Crippen molar-refractivity contribution in [3.8, 4) is 0 Å². The molecule has 1 N–H and O–H groups in total. The van der Waals surface area contributed by atoms with Gasteiger partial charge in [-0.15, -0.1) is 11.3 Å². The third-order valence-corrected chi connectivity index (χ3v) is 6.60. The van der Waals surface area contributed by atoms with Gasteiger partial charge < -0.3 is 5.32 Å². The molecule has 0 aliphatic carbocycles. The first-order valence-electron chi connectivity index (χ1n) is 7.45. The highest BCUT2D eigenvalue weighted by atomic mass is 32.2. The third kappa shape index (κ3) is 4.02. The van der Waals surface area contributed by atoms with Crippen LogP contribution in [-0.4, -0.2) is 31.5 Å². The molecule has 4 nitrogen and oxygen atoms in total. The van der Waals surface area contributed by atoms with Gasteiger partial charge in [-0.25, -0.2) is 13.4 Å². The van der Waals surface area contributed by atoms with Gasteiger partial charge in [0.1, 0.15) is 0 Å². The molecule has 114 valence electrons. The summed E-state index contributed by atoms with van der Waals surface area (Å²) in [7, 11) is -2.83. The monoisotopic (exact) mass is 316 g/mol. The van der Waals surface area contributed by atoms with Crippen molar-refractivity contribution in [2.45, 2.75) is 52.0 Å². The van der Waals surface area contributed by atoms with Crippen LogP contribution >= 0.6 is 11.3 Å². The summed E-state index contributed by atoms with van der Waals surface area (Å²) in [6, 6.07) is 0. The van der Waals surface area contributed by atoms with Crippen LogP contribution in [0.2, 0.25) is 0 Å². The summed E-state index contributed by atoms with van der Waals surface area (Å²) >= 11 is 1.71. The van der Waals surface area contributed by atoms with Crippen LogP contribution < -0.4 is 5.32 Å². The summed E-state index contributed by atoms with van der Waals surface area (Å²) in [4.78, 5) is 6.03. The highest BCUT2D eigenvalue weighted by Crippen LogP contribution is 2.33. The Morgan fingerprint density at radius 1 is 1.35 bits per heavy atom. The van der Waals surface area contributed by atoms with Crippen molar-refractivity contribution in [3.63, 3.8) is 0 Å². The van der Waals surface area contributed by atoms with Crippen molar-refractivity contribution < 1.29 is 8.42 Å². The maximum absolute atomic E-state index is 11.6. The minimum absolute atomic E-state index is 0.125. The first-order valence-corrected chi connectivity index (χ1v) is 10.1. The van der Waals surface area contributed by atoms with Crippen LogP contribution in [0.1, 0.15) is 54.6 Å². The molecule has 0 aromatic carbocycles. The predicted molar refractivity (Wildman–Crippen MR) is 84.1 cm³/mol. The summed E-state index contributed by atoms with van der Waals surface area (Å²) < 4.78 is 23.2. The first-order chi connectivity index (χ1) is 9.55. The fourth-order valence-corrected chi connectivity index (χ4v) is 5.59. The Hall–Kier alpha value is -0.460. The van der Waals surface area contributed by atoms with E-state index in [2.05, 4.69) is 19.2 Å². The molecule has 1 fully saturated rings. The fourth-order valence-electron chi connectivity index (χ4n) is 2.52. The molecule has 6 heteroatoms. The zero-order valence-electron chi connectivity index (χ0n) is 12.3. The molecule has 0 radical (unpaired) electrons. The van der Waals surface area contributed by atoms with E-state index < -0.39 is 9.84 Å².